The van der Waals surface area contributed by atoms with Gasteiger partial charge in [0.05, 0.1) is 0 Å². The molecule has 1 heteroatoms. The van der Waals surface area contributed by atoms with Crippen molar-refractivity contribution in [2.24, 2.45) is 0 Å². The van der Waals surface area contributed by atoms with Gasteiger partial charge in [0.1, 0.15) is 0 Å². The Morgan fingerprint density at radius 2 is 0.274 bits per heavy atom. The lowest BCUT2D eigenvalue weighted by Crippen LogP contribution is -2.16. The summed E-state index contributed by atoms with van der Waals surface area (Å²) in [6.07, 6.45) is 0. The van der Waals surface area contributed by atoms with Crippen LogP contribution in [-0.2, 0) is 43.3 Å². The van der Waals surface area contributed by atoms with Crippen molar-refractivity contribution in [2.45, 2.75) is 214 Å². The summed E-state index contributed by atoms with van der Waals surface area (Å²) in [5, 5.41) is 0. The minimum absolute atomic E-state index is 0.0491. The lowest BCUT2D eigenvalue weighted by Gasteiger charge is -2.25. The molecule has 8 aromatic rings. The first-order chi connectivity index (χ1) is 43.9. The molecule has 0 atom stereocenters. The van der Waals surface area contributed by atoms with E-state index in [-0.39, 0.29) is 43.3 Å². The van der Waals surface area contributed by atoms with Gasteiger partial charge in [0.2, 0.25) is 0 Å². The van der Waals surface area contributed by atoms with Crippen LogP contribution in [0.4, 0.5) is 0 Å². The molecule has 0 radical (unpaired) electrons. The van der Waals surface area contributed by atoms with Gasteiger partial charge in [-0.2, -0.15) is 0 Å². The Morgan fingerprint density at radius 3 is 0.400 bits per heavy atom. The minimum Gasteiger partial charge on any atom is -0.143 e. The van der Waals surface area contributed by atoms with Crippen molar-refractivity contribution >= 4 is 12.6 Å². The van der Waals surface area contributed by atoms with Crippen molar-refractivity contribution in [2.75, 3.05) is 0 Å². The molecule has 0 nitrogen and oxygen atoms in total. The molecule has 0 unspecified atom stereocenters. The lowest BCUT2D eigenvalue weighted by atomic mass is 9.79. The summed E-state index contributed by atoms with van der Waals surface area (Å²) in [6.45, 7) is 54.2. The Labute approximate surface area is 580 Å². The second-order valence-corrected chi connectivity index (χ2v) is 34.4. The standard InChI is InChI=1S/C94H98S/c1-87(2,3)78-52-74(53-79(60-78)88(4,5)6)35-31-70-46-68(47-71(50-70)32-36-75-54-80(89(7,8)9)61-81(55-75)90(10,11)12)29-27-66-43-65(26-25-64-39-41-86(95)42-40-64)44-67(45-66)28-30-69-48-72(33-37-76-56-82(91(13,14)15)62-83(57-76)92(16,17)18)51-73(49-69)34-38-77-58-84(93(19,20)21)63-85(59-77)94(22,23)24/h39-63,95H,1-24H3. The van der Waals surface area contributed by atoms with E-state index in [0.717, 1.165) is 82.8 Å². The van der Waals surface area contributed by atoms with E-state index >= 15 is 0 Å². The maximum atomic E-state index is 4.54. The molecule has 480 valence electrons. The Bertz CT molecular complexity index is 4100. The van der Waals surface area contributed by atoms with E-state index in [0.29, 0.717) is 0 Å². The van der Waals surface area contributed by atoms with Crippen LogP contribution in [0.25, 0.3) is 0 Å². The van der Waals surface area contributed by atoms with Crippen molar-refractivity contribution in [1.82, 2.24) is 0 Å². The van der Waals surface area contributed by atoms with Gasteiger partial charge in [0.15, 0.2) is 0 Å². The van der Waals surface area contributed by atoms with E-state index < -0.39 is 0 Å². The molecule has 8 rings (SSSR count). The smallest absolute Gasteiger partial charge is 0.0273 e. The van der Waals surface area contributed by atoms with Crippen LogP contribution in [0.2, 0.25) is 0 Å². The van der Waals surface area contributed by atoms with E-state index in [1.165, 1.54) is 44.5 Å². The van der Waals surface area contributed by atoms with E-state index in [4.69, 9.17) is 0 Å². The average molecular weight is 1260 g/mol. The molecule has 0 aromatic heterocycles. The highest BCUT2D eigenvalue weighted by atomic mass is 32.1. The molecule has 0 aliphatic carbocycles. The highest BCUT2D eigenvalue weighted by molar-refractivity contribution is 7.80. The van der Waals surface area contributed by atoms with Gasteiger partial charge in [0.25, 0.3) is 0 Å². The summed E-state index contributed by atoms with van der Waals surface area (Å²) >= 11 is 4.54. The molecule has 8 aromatic carbocycles. The Morgan fingerprint density at radius 1 is 0.158 bits per heavy atom. The fourth-order valence-corrected chi connectivity index (χ4v) is 10.5. The van der Waals surface area contributed by atoms with Crippen molar-refractivity contribution < 1.29 is 0 Å². The van der Waals surface area contributed by atoms with Crippen LogP contribution in [0.15, 0.2) is 157 Å². The molecule has 95 heavy (non-hydrogen) atoms. The molecule has 0 aliphatic rings. The first kappa shape index (κ1) is 71.9. The lowest BCUT2D eigenvalue weighted by molar-refractivity contribution is 0.567. The normalized spacial score (nSPS) is 11.9. The third-order valence-electron chi connectivity index (χ3n) is 16.8. The zero-order chi connectivity index (χ0) is 69.9. The summed E-state index contributed by atoms with van der Waals surface area (Å²) in [5.41, 5.74) is 21.7. The monoisotopic (exact) mass is 1260 g/mol. The molecule has 0 saturated carbocycles. The molecular formula is C94H98S. The van der Waals surface area contributed by atoms with Gasteiger partial charge in [-0.15, -0.1) is 12.6 Å². The maximum Gasteiger partial charge on any atom is 0.0273 e. The first-order valence-electron chi connectivity index (χ1n) is 33.4. The van der Waals surface area contributed by atoms with Crippen molar-refractivity contribution in [3.05, 3.63) is 274 Å². The fourth-order valence-electron chi connectivity index (χ4n) is 10.4. The number of hydrogen-bond donors (Lipinski definition) is 1. The van der Waals surface area contributed by atoms with Crippen LogP contribution in [0.5, 0.6) is 0 Å². The highest BCUT2D eigenvalue weighted by Gasteiger charge is 2.25. The van der Waals surface area contributed by atoms with Crippen molar-refractivity contribution in [1.29, 1.82) is 0 Å². The van der Waals surface area contributed by atoms with Gasteiger partial charge < -0.3 is 0 Å². The molecule has 0 fully saturated rings. The molecule has 0 heterocycles. The Hall–Kier alpha value is -8.97. The summed E-state index contributed by atoms with van der Waals surface area (Å²) in [5.74, 6) is 49.6. The van der Waals surface area contributed by atoms with Crippen LogP contribution in [0.1, 0.15) is 289 Å². The number of thiol groups is 1. The molecule has 0 N–H and O–H groups in total. The van der Waals surface area contributed by atoms with E-state index in [2.05, 4.69) is 371 Å². The van der Waals surface area contributed by atoms with Crippen molar-refractivity contribution in [3.63, 3.8) is 0 Å². The van der Waals surface area contributed by atoms with Crippen LogP contribution in [0, 0.1) is 82.9 Å². The number of rotatable bonds is 0. The number of hydrogen-bond acceptors (Lipinski definition) is 1. The average Bonchev–Trinajstić information content (AvgIpc) is 0.839. The molecule has 0 saturated heterocycles. The molecule has 0 aliphatic heterocycles. The molecule has 0 bridgehead atoms. The predicted molar refractivity (Wildman–Crippen MR) is 410 cm³/mol. The van der Waals surface area contributed by atoms with Crippen LogP contribution in [0.3, 0.4) is 0 Å². The fraction of sp³-hybridized carbons (Fsp3) is 0.340. The summed E-state index contributed by atoms with van der Waals surface area (Å²) in [4.78, 5) is 0.876. The van der Waals surface area contributed by atoms with E-state index in [9.17, 15) is 0 Å². The quantitative estimate of drug-likeness (QED) is 0.114. The topological polar surface area (TPSA) is 0 Å². The first-order valence-corrected chi connectivity index (χ1v) is 33.9. The predicted octanol–water partition coefficient (Wildman–Crippen LogP) is 22.2. The van der Waals surface area contributed by atoms with Crippen molar-refractivity contribution in [3.8, 4) is 82.9 Å². The third kappa shape index (κ3) is 20.8. The van der Waals surface area contributed by atoms with E-state index in [1.807, 2.05) is 42.5 Å². The van der Waals surface area contributed by atoms with Crippen LogP contribution < -0.4 is 0 Å². The SMILES string of the molecule is CC(C)(C)c1cc(C#Cc2cc(C#Cc3cc(C#Cc4ccc(S)cc4)cc(C#Cc4cc(C#Cc5cc(C(C)(C)C)cc(C(C)(C)C)c5)cc(C#Cc5cc(C(C)(C)C)cc(C(C)(C)C)c5)c4)c3)cc(C#Cc3cc(C(C)(C)C)cc(C(C)(C)C)c3)c2)cc(C(C)(C)C)c1. The molecule has 0 amide bonds. The van der Waals surface area contributed by atoms with Gasteiger partial charge in [-0.3, -0.25) is 0 Å². The number of benzene rings is 8. The highest BCUT2D eigenvalue weighted by Crippen LogP contribution is 2.35. The zero-order valence-electron chi connectivity index (χ0n) is 61.4. The van der Waals surface area contributed by atoms with Gasteiger partial charge in [-0.25, -0.2) is 0 Å². The summed E-state index contributed by atoms with van der Waals surface area (Å²) in [7, 11) is 0. The Kier molecular flexibility index (Phi) is 21.0. The Balaban J connectivity index is 1.30. The second-order valence-electron chi connectivity index (χ2n) is 33.9. The second kappa shape index (κ2) is 27.8. The van der Waals surface area contributed by atoms with Crippen LogP contribution in [-0.4, -0.2) is 0 Å². The summed E-state index contributed by atoms with van der Waals surface area (Å²) in [6, 6.07) is 53.7. The van der Waals surface area contributed by atoms with E-state index in [1.54, 1.807) is 0 Å². The zero-order valence-corrected chi connectivity index (χ0v) is 62.3. The third-order valence-corrected chi connectivity index (χ3v) is 17.1. The van der Waals surface area contributed by atoms with Gasteiger partial charge >= 0.3 is 0 Å². The summed E-state index contributed by atoms with van der Waals surface area (Å²) < 4.78 is 0. The minimum atomic E-state index is -0.0491. The maximum absolute atomic E-state index is 4.54. The molecular weight excluding hydrogens is 1160 g/mol. The molecule has 0 spiro atoms. The van der Waals surface area contributed by atoms with Gasteiger partial charge in [-0.1, -0.05) is 273 Å². The van der Waals surface area contributed by atoms with Gasteiger partial charge in [0, 0.05) is 82.8 Å². The van der Waals surface area contributed by atoms with Crippen LogP contribution >= 0.6 is 12.6 Å². The van der Waals surface area contributed by atoms with Gasteiger partial charge in [-0.05, 0) is 215 Å². The largest absolute Gasteiger partial charge is 0.143 e.